The maximum atomic E-state index is 12.3. The van der Waals surface area contributed by atoms with Gasteiger partial charge in [-0.15, -0.1) is 0 Å². The number of piperidine rings is 1. The number of nitrogens with one attached hydrogen (secondary N) is 1. The summed E-state index contributed by atoms with van der Waals surface area (Å²) >= 11 is 0. The predicted molar refractivity (Wildman–Crippen MR) is 71.9 cm³/mol. The summed E-state index contributed by atoms with van der Waals surface area (Å²) in [6, 6.07) is -0.0150. The van der Waals surface area contributed by atoms with Gasteiger partial charge in [-0.2, -0.15) is 0 Å². The molecule has 0 aromatic rings. The van der Waals surface area contributed by atoms with Gasteiger partial charge in [0.25, 0.3) is 0 Å². The number of carboxylic acids is 1. The molecule has 1 aliphatic heterocycles. The van der Waals surface area contributed by atoms with E-state index in [2.05, 4.69) is 12.2 Å². The fraction of sp³-hybridized carbons (Fsp3) is 0.857. The molecule has 2 amide bonds. The minimum atomic E-state index is -0.822. The number of hydrogen-bond donors (Lipinski definition) is 2. The van der Waals surface area contributed by atoms with E-state index in [0.29, 0.717) is 12.5 Å². The van der Waals surface area contributed by atoms with Crippen LogP contribution in [0.15, 0.2) is 0 Å². The average molecular weight is 268 g/mol. The van der Waals surface area contributed by atoms with Crippen LogP contribution in [-0.2, 0) is 4.79 Å². The minimum Gasteiger partial charge on any atom is -0.481 e. The SMILES string of the molecule is CC(NC(=O)N1CCCCC1CC(=O)O)C1CCC1. The smallest absolute Gasteiger partial charge is 0.317 e. The Morgan fingerprint density at radius 2 is 2.00 bits per heavy atom. The van der Waals surface area contributed by atoms with E-state index in [1.54, 1.807) is 4.90 Å². The highest BCUT2D eigenvalue weighted by atomic mass is 16.4. The van der Waals surface area contributed by atoms with Crippen molar-refractivity contribution in [1.29, 1.82) is 0 Å². The van der Waals surface area contributed by atoms with Crippen LogP contribution in [0.2, 0.25) is 0 Å². The van der Waals surface area contributed by atoms with Crippen molar-refractivity contribution in [2.45, 2.75) is 64.0 Å². The molecular formula is C14H24N2O3. The third-order valence-corrected chi connectivity index (χ3v) is 4.51. The topological polar surface area (TPSA) is 69.6 Å². The quantitative estimate of drug-likeness (QED) is 0.821. The molecule has 0 radical (unpaired) electrons. The summed E-state index contributed by atoms with van der Waals surface area (Å²) in [6.45, 7) is 2.74. The molecule has 2 aliphatic rings. The van der Waals surface area contributed by atoms with Crippen molar-refractivity contribution in [3.05, 3.63) is 0 Å². The second kappa shape index (κ2) is 6.26. The van der Waals surface area contributed by atoms with Gasteiger partial charge in [0.2, 0.25) is 0 Å². The fourth-order valence-electron chi connectivity index (χ4n) is 3.02. The van der Waals surface area contributed by atoms with Crippen LogP contribution in [-0.4, -0.2) is 40.6 Å². The van der Waals surface area contributed by atoms with E-state index in [-0.39, 0.29) is 24.5 Å². The van der Waals surface area contributed by atoms with Crippen molar-refractivity contribution in [2.75, 3.05) is 6.54 Å². The molecule has 2 atom stereocenters. The van der Waals surface area contributed by atoms with E-state index in [0.717, 1.165) is 19.3 Å². The molecule has 108 valence electrons. The number of urea groups is 1. The molecule has 2 N–H and O–H groups in total. The first kappa shape index (κ1) is 14.2. The molecule has 2 fully saturated rings. The summed E-state index contributed by atoms with van der Waals surface area (Å²) in [4.78, 5) is 24.9. The number of rotatable bonds is 4. The summed E-state index contributed by atoms with van der Waals surface area (Å²) in [7, 11) is 0. The Morgan fingerprint density at radius 1 is 1.26 bits per heavy atom. The number of carboxylic acid groups (broad SMARTS) is 1. The highest BCUT2D eigenvalue weighted by molar-refractivity contribution is 5.76. The number of amides is 2. The minimum absolute atomic E-state index is 0.0607. The normalized spacial score (nSPS) is 25.5. The first-order valence-electron chi connectivity index (χ1n) is 7.37. The Balaban J connectivity index is 1.88. The lowest BCUT2D eigenvalue weighted by Gasteiger charge is -2.38. The molecule has 1 aliphatic carbocycles. The Morgan fingerprint density at radius 3 is 2.58 bits per heavy atom. The summed E-state index contributed by atoms with van der Waals surface area (Å²) in [6.07, 6.45) is 6.50. The van der Waals surface area contributed by atoms with E-state index in [4.69, 9.17) is 5.11 Å². The lowest BCUT2D eigenvalue weighted by Crippen LogP contribution is -2.53. The van der Waals surface area contributed by atoms with Gasteiger partial charge in [0.05, 0.1) is 6.42 Å². The van der Waals surface area contributed by atoms with Crippen LogP contribution >= 0.6 is 0 Å². The number of carbonyl (C=O) groups excluding carboxylic acids is 1. The highest BCUT2D eigenvalue weighted by Crippen LogP contribution is 2.29. The molecule has 1 heterocycles. The molecular weight excluding hydrogens is 244 g/mol. The average Bonchev–Trinajstić information content (AvgIpc) is 2.26. The number of likely N-dealkylation sites (tertiary alicyclic amines) is 1. The van der Waals surface area contributed by atoms with Crippen LogP contribution in [0.5, 0.6) is 0 Å². The van der Waals surface area contributed by atoms with Crippen molar-refractivity contribution in [2.24, 2.45) is 5.92 Å². The molecule has 2 rings (SSSR count). The Bertz CT molecular complexity index is 342. The van der Waals surface area contributed by atoms with Gasteiger partial charge in [-0.1, -0.05) is 6.42 Å². The Hall–Kier alpha value is -1.26. The Kier molecular flexibility index (Phi) is 4.66. The van der Waals surface area contributed by atoms with Gasteiger partial charge in [0.1, 0.15) is 0 Å². The first-order chi connectivity index (χ1) is 9.08. The summed E-state index contributed by atoms with van der Waals surface area (Å²) in [5, 5.41) is 12.0. The van der Waals surface area contributed by atoms with Crippen LogP contribution < -0.4 is 5.32 Å². The first-order valence-corrected chi connectivity index (χ1v) is 7.37. The molecule has 0 spiro atoms. The molecule has 2 unspecified atom stereocenters. The fourth-order valence-corrected chi connectivity index (χ4v) is 3.02. The maximum Gasteiger partial charge on any atom is 0.317 e. The standard InChI is InChI=1S/C14H24N2O3/c1-10(11-5-4-6-11)15-14(19)16-8-3-2-7-12(16)9-13(17)18/h10-12H,2-9H2,1H3,(H,15,19)(H,17,18). The molecule has 0 bridgehead atoms. The van der Waals surface area contributed by atoms with Crippen molar-refractivity contribution >= 4 is 12.0 Å². The van der Waals surface area contributed by atoms with Gasteiger partial charge >= 0.3 is 12.0 Å². The molecule has 1 saturated carbocycles. The zero-order valence-corrected chi connectivity index (χ0v) is 11.6. The molecule has 5 nitrogen and oxygen atoms in total. The number of aliphatic carboxylic acids is 1. The molecule has 0 aromatic heterocycles. The van der Waals surface area contributed by atoms with Gasteiger partial charge in [-0.05, 0) is 44.9 Å². The third kappa shape index (κ3) is 3.61. The zero-order chi connectivity index (χ0) is 13.8. The van der Waals surface area contributed by atoms with Crippen LogP contribution in [0.1, 0.15) is 51.9 Å². The van der Waals surface area contributed by atoms with Crippen molar-refractivity contribution in [3.63, 3.8) is 0 Å². The number of hydrogen-bond acceptors (Lipinski definition) is 2. The van der Waals surface area contributed by atoms with Gasteiger partial charge < -0.3 is 15.3 Å². The zero-order valence-electron chi connectivity index (χ0n) is 11.6. The monoisotopic (exact) mass is 268 g/mol. The molecule has 19 heavy (non-hydrogen) atoms. The van der Waals surface area contributed by atoms with Gasteiger partial charge in [0.15, 0.2) is 0 Å². The predicted octanol–water partition coefficient (Wildman–Crippen LogP) is 2.21. The van der Waals surface area contributed by atoms with Crippen LogP contribution in [0.25, 0.3) is 0 Å². The van der Waals surface area contributed by atoms with Crippen molar-refractivity contribution in [3.8, 4) is 0 Å². The summed E-state index contributed by atoms with van der Waals surface area (Å²) < 4.78 is 0. The van der Waals surface area contributed by atoms with Crippen LogP contribution in [0, 0.1) is 5.92 Å². The van der Waals surface area contributed by atoms with Crippen LogP contribution in [0.3, 0.4) is 0 Å². The number of nitrogens with zero attached hydrogens (tertiary/aromatic N) is 1. The highest BCUT2D eigenvalue weighted by Gasteiger charge is 2.31. The van der Waals surface area contributed by atoms with E-state index in [1.165, 1.54) is 19.3 Å². The molecule has 5 heteroatoms. The second-order valence-corrected chi connectivity index (χ2v) is 5.87. The van der Waals surface area contributed by atoms with Crippen molar-refractivity contribution < 1.29 is 14.7 Å². The van der Waals surface area contributed by atoms with E-state index in [9.17, 15) is 9.59 Å². The van der Waals surface area contributed by atoms with Gasteiger partial charge in [0, 0.05) is 18.6 Å². The second-order valence-electron chi connectivity index (χ2n) is 5.87. The van der Waals surface area contributed by atoms with Gasteiger partial charge in [-0.3, -0.25) is 4.79 Å². The summed E-state index contributed by atoms with van der Waals surface area (Å²) in [5.41, 5.74) is 0. The van der Waals surface area contributed by atoms with E-state index in [1.807, 2.05) is 0 Å². The lowest BCUT2D eigenvalue weighted by atomic mass is 9.80. The largest absolute Gasteiger partial charge is 0.481 e. The molecule has 0 aromatic carbocycles. The van der Waals surface area contributed by atoms with Crippen molar-refractivity contribution in [1.82, 2.24) is 10.2 Å². The summed E-state index contributed by atoms with van der Waals surface area (Å²) in [5.74, 6) is -0.219. The van der Waals surface area contributed by atoms with E-state index >= 15 is 0 Å². The third-order valence-electron chi connectivity index (χ3n) is 4.51. The van der Waals surface area contributed by atoms with E-state index < -0.39 is 5.97 Å². The van der Waals surface area contributed by atoms with Gasteiger partial charge in [-0.25, -0.2) is 4.79 Å². The maximum absolute atomic E-state index is 12.3. The Labute approximate surface area is 114 Å². The number of carbonyl (C=O) groups is 2. The lowest BCUT2D eigenvalue weighted by molar-refractivity contribution is -0.138. The molecule has 1 saturated heterocycles. The van der Waals surface area contributed by atoms with Crippen LogP contribution in [0.4, 0.5) is 4.79 Å².